The first-order valence-corrected chi connectivity index (χ1v) is 8.21. The van der Waals surface area contributed by atoms with Crippen LogP contribution >= 0.6 is 11.6 Å². The van der Waals surface area contributed by atoms with Gasteiger partial charge in [0.1, 0.15) is 5.75 Å². The average Bonchev–Trinajstić information content (AvgIpc) is 2.64. The molecule has 0 spiro atoms. The van der Waals surface area contributed by atoms with Crippen molar-refractivity contribution in [2.45, 2.75) is 6.92 Å². The Morgan fingerprint density at radius 1 is 1.08 bits per heavy atom. The van der Waals surface area contributed by atoms with Gasteiger partial charge in [-0.25, -0.2) is 4.99 Å². The van der Waals surface area contributed by atoms with Crippen LogP contribution in [0.4, 0.5) is 11.4 Å². The first-order chi connectivity index (χ1) is 12.5. The molecule has 0 radical (unpaired) electrons. The van der Waals surface area contributed by atoms with Crippen LogP contribution in [-0.2, 0) is 0 Å². The van der Waals surface area contributed by atoms with E-state index in [0.29, 0.717) is 22.0 Å². The van der Waals surface area contributed by atoms with Gasteiger partial charge in [-0.3, -0.25) is 10.1 Å². The number of aliphatic imine (C=N–C) groups is 1. The van der Waals surface area contributed by atoms with Gasteiger partial charge in [0.15, 0.2) is 0 Å². The molecule has 0 aliphatic rings. The zero-order valence-electron chi connectivity index (χ0n) is 13.9. The molecule has 0 saturated carbocycles. The van der Waals surface area contributed by atoms with Crippen molar-refractivity contribution >= 4 is 28.7 Å². The third kappa shape index (κ3) is 3.73. The standard InChI is InChI=1S/C20H15ClN2O3/c1-13-11-19(24)17(12-18(13)21)20(14-5-3-2-4-6-14)22-15-7-9-16(10-8-15)23(25)26/h2-12,24H,1H3. The predicted octanol–water partition coefficient (Wildman–Crippen LogP) is 5.43. The zero-order chi connectivity index (χ0) is 18.7. The molecule has 1 N–H and O–H groups in total. The largest absolute Gasteiger partial charge is 0.507 e. The highest BCUT2D eigenvalue weighted by molar-refractivity contribution is 6.32. The van der Waals surface area contributed by atoms with Gasteiger partial charge in [0, 0.05) is 28.3 Å². The molecule has 0 amide bonds. The van der Waals surface area contributed by atoms with Gasteiger partial charge >= 0.3 is 0 Å². The van der Waals surface area contributed by atoms with Crippen molar-refractivity contribution in [2.75, 3.05) is 0 Å². The van der Waals surface area contributed by atoms with Gasteiger partial charge < -0.3 is 5.11 Å². The van der Waals surface area contributed by atoms with E-state index in [0.717, 1.165) is 11.1 Å². The minimum atomic E-state index is -0.461. The van der Waals surface area contributed by atoms with Crippen LogP contribution in [0.1, 0.15) is 16.7 Å². The van der Waals surface area contributed by atoms with Crippen molar-refractivity contribution < 1.29 is 10.0 Å². The van der Waals surface area contributed by atoms with Gasteiger partial charge in [0.25, 0.3) is 5.69 Å². The average molecular weight is 367 g/mol. The number of phenols is 1. The van der Waals surface area contributed by atoms with E-state index in [1.807, 2.05) is 37.3 Å². The van der Waals surface area contributed by atoms with E-state index < -0.39 is 4.92 Å². The summed E-state index contributed by atoms with van der Waals surface area (Å²) in [5, 5.41) is 21.7. The molecule has 3 rings (SSSR count). The van der Waals surface area contributed by atoms with E-state index in [-0.39, 0.29) is 11.4 Å². The Bertz CT molecular complexity index is 984. The summed E-state index contributed by atoms with van der Waals surface area (Å²) in [7, 11) is 0. The summed E-state index contributed by atoms with van der Waals surface area (Å²) < 4.78 is 0. The second-order valence-corrected chi connectivity index (χ2v) is 6.13. The van der Waals surface area contributed by atoms with Crippen LogP contribution in [0.25, 0.3) is 0 Å². The summed E-state index contributed by atoms with van der Waals surface area (Å²) >= 11 is 6.23. The molecule has 26 heavy (non-hydrogen) atoms. The Kier molecular flexibility index (Phi) is 5.00. The molecule has 0 aromatic heterocycles. The molecule has 3 aromatic carbocycles. The number of hydrogen-bond donors (Lipinski definition) is 1. The van der Waals surface area contributed by atoms with Crippen LogP contribution in [0.15, 0.2) is 71.7 Å². The van der Waals surface area contributed by atoms with Gasteiger partial charge in [-0.1, -0.05) is 41.9 Å². The van der Waals surface area contributed by atoms with Gasteiger partial charge in [-0.05, 0) is 36.8 Å². The van der Waals surface area contributed by atoms with E-state index in [1.165, 1.54) is 12.1 Å². The Balaban J connectivity index is 2.16. The number of aromatic hydroxyl groups is 1. The quantitative estimate of drug-likeness (QED) is 0.380. The van der Waals surface area contributed by atoms with Crippen molar-refractivity contribution in [2.24, 2.45) is 4.99 Å². The lowest BCUT2D eigenvalue weighted by Crippen LogP contribution is -2.04. The number of phenolic OH excluding ortho intramolecular Hbond substituents is 1. The van der Waals surface area contributed by atoms with Crippen LogP contribution < -0.4 is 0 Å². The van der Waals surface area contributed by atoms with E-state index in [1.54, 1.807) is 24.3 Å². The second kappa shape index (κ2) is 7.37. The molecule has 0 atom stereocenters. The number of nitro groups is 1. The molecular weight excluding hydrogens is 352 g/mol. The molecule has 130 valence electrons. The van der Waals surface area contributed by atoms with Crippen LogP contribution in [0.2, 0.25) is 5.02 Å². The van der Waals surface area contributed by atoms with Crippen molar-refractivity contribution in [1.82, 2.24) is 0 Å². The maximum Gasteiger partial charge on any atom is 0.269 e. The van der Waals surface area contributed by atoms with Crippen LogP contribution in [0.5, 0.6) is 5.75 Å². The third-order valence-corrected chi connectivity index (χ3v) is 4.29. The molecule has 0 unspecified atom stereocenters. The summed E-state index contributed by atoms with van der Waals surface area (Å²) in [5.74, 6) is 0.0661. The Labute approximate surface area is 155 Å². The summed E-state index contributed by atoms with van der Waals surface area (Å²) in [5.41, 5.74) is 3.10. The smallest absolute Gasteiger partial charge is 0.269 e. The van der Waals surface area contributed by atoms with Crippen molar-refractivity contribution in [3.63, 3.8) is 0 Å². The number of hydrogen-bond acceptors (Lipinski definition) is 4. The molecule has 0 aliphatic heterocycles. The SMILES string of the molecule is Cc1cc(O)c(C(=Nc2ccc([N+](=O)[O-])cc2)c2ccccc2)cc1Cl. The molecule has 0 heterocycles. The maximum atomic E-state index is 10.8. The number of aryl methyl sites for hydroxylation is 1. The minimum Gasteiger partial charge on any atom is -0.507 e. The van der Waals surface area contributed by atoms with Gasteiger partial charge in [-0.2, -0.15) is 0 Å². The number of rotatable bonds is 4. The van der Waals surface area contributed by atoms with Gasteiger partial charge in [-0.15, -0.1) is 0 Å². The minimum absolute atomic E-state index is 0.00793. The molecule has 5 nitrogen and oxygen atoms in total. The fourth-order valence-electron chi connectivity index (χ4n) is 2.51. The van der Waals surface area contributed by atoms with Crippen molar-refractivity contribution in [3.8, 4) is 5.75 Å². The number of halogens is 1. The fraction of sp³-hybridized carbons (Fsp3) is 0.0500. The molecule has 0 bridgehead atoms. The number of non-ortho nitro benzene ring substituents is 1. The van der Waals surface area contributed by atoms with E-state index in [4.69, 9.17) is 11.6 Å². The Morgan fingerprint density at radius 2 is 1.73 bits per heavy atom. The van der Waals surface area contributed by atoms with Crippen molar-refractivity contribution in [3.05, 3.63) is 98.6 Å². The third-order valence-electron chi connectivity index (χ3n) is 3.88. The lowest BCUT2D eigenvalue weighted by Gasteiger charge is -2.11. The van der Waals surface area contributed by atoms with Crippen LogP contribution in [-0.4, -0.2) is 15.7 Å². The fourth-order valence-corrected chi connectivity index (χ4v) is 2.67. The first kappa shape index (κ1) is 17.6. The zero-order valence-corrected chi connectivity index (χ0v) is 14.6. The highest BCUT2D eigenvalue weighted by atomic mass is 35.5. The summed E-state index contributed by atoms with van der Waals surface area (Å²) in [4.78, 5) is 15.0. The predicted molar refractivity (Wildman–Crippen MR) is 103 cm³/mol. The lowest BCUT2D eigenvalue weighted by molar-refractivity contribution is -0.384. The summed E-state index contributed by atoms with van der Waals surface area (Å²) in [6.45, 7) is 1.81. The highest BCUT2D eigenvalue weighted by Crippen LogP contribution is 2.30. The molecule has 3 aromatic rings. The topological polar surface area (TPSA) is 75.7 Å². The molecule has 0 aliphatic carbocycles. The van der Waals surface area contributed by atoms with Gasteiger partial charge in [0.05, 0.1) is 16.3 Å². The molecular formula is C20H15ClN2O3. The monoisotopic (exact) mass is 366 g/mol. The van der Waals surface area contributed by atoms with Crippen molar-refractivity contribution in [1.29, 1.82) is 0 Å². The van der Waals surface area contributed by atoms with Crippen LogP contribution in [0.3, 0.4) is 0 Å². The molecule has 0 saturated heterocycles. The molecule has 0 fully saturated rings. The van der Waals surface area contributed by atoms with E-state index >= 15 is 0 Å². The summed E-state index contributed by atoms with van der Waals surface area (Å²) in [6, 6.07) is 18.5. The lowest BCUT2D eigenvalue weighted by atomic mass is 10.00. The number of nitrogens with zero attached hydrogens (tertiary/aromatic N) is 2. The second-order valence-electron chi connectivity index (χ2n) is 5.72. The first-order valence-electron chi connectivity index (χ1n) is 7.84. The van der Waals surface area contributed by atoms with E-state index in [9.17, 15) is 15.2 Å². The van der Waals surface area contributed by atoms with E-state index in [2.05, 4.69) is 4.99 Å². The Hall–Kier alpha value is -3.18. The maximum absolute atomic E-state index is 10.8. The summed E-state index contributed by atoms with van der Waals surface area (Å²) in [6.07, 6.45) is 0. The number of nitro benzene ring substituents is 1. The Morgan fingerprint density at radius 3 is 2.35 bits per heavy atom. The molecule has 6 heteroatoms. The van der Waals surface area contributed by atoms with Crippen LogP contribution in [0, 0.1) is 17.0 Å². The number of benzene rings is 3. The normalized spacial score (nSPS) is 11.4. The highest BCUT2D eigenvalue weighted by Gasteiger charge is 2.14. The van der Waals surface area contributed by atoms with Gasteiger partial charge in [0.2, 0.25) is 0 Å².